The van der Waals surface area contributed by atoms with Gasteiger partial charge in [-0.15, -0.1) is 0 Å². The number of rotatable bonds is 6. The number of imidazole rings is 1. The normalized spacial score (nSPS) is 10.6. The van der Waals surface area contributed by atoms with Crippen LogP contribution in [0.3, 0.4) is 0 Å². The van der Waals surface area contributed by atoms with Crippen LogP contribution in [0.15, 0.2) is 48.8 Å². The standard InChI is InChI=1S/C18H14F2N4O3/c1-23-5-4-21-18(23)17(25)12-2-3-15(16(8-12)24(26)27)22-10-11-6-13(19)9-14(20)7-11/h2-9,22H,10H2,1H3. The van der Waals surface area contributed by atoms with E-state index in [0.29, 0.717) is 0 Å². The Morgan fingerprint density at radius 1 is 1.22 bits per heavy atom. The fourth-order valence-electron chi connectivity index (χ4n) is 2.60. The molecule has 0 aliphatic carbocycles. The molecule has 1 N–H and O–H groups in total. The predicted molar refractivity (Wildman–Crippen MR) is 93.4 cm³/mol. The molecule has 1 aromatic heterocycles. The number of nitro benzene ring substituents is 1. The van der Waals surface area contributed by atoms with Crippen molar-refractivity contribution in [1.29, 1.82) is 0 Å². The molecule has 9 heteroatoms. The molecule has 0 atom stereocenters. The topological polar surface area (TPSA) is 90.1 Å². The van der Waals surface area contributed by atoms with Crippen LogP contribution >= 0.6 is 0 Å². The Kier molecular flexibility index (Phi) is 4.93. The van der Waals surface area contributed by atoms with Gasteiger partial charge in [0.1, 0.15) is 17.3 Å². The highest BCUT2D eigenvalue weighted by Gasteiger charge is 2.20. The molecule has 27 heavy (non-hydrogen) atoms. The maximum Gasteiger partial charge on any atom is 0.293 e. The Balaban J connectivity index is 1.87. The first-order valence-electron chi connectivity index (χ1n) is 7.84. The molecule has 0 bridgehead atoms. The van der Waals surface area contributed by atoms with Crippen LogP contribution in [-0.2, 0) is 13.6 Å². The summed E-state index contributed by atoms with van der Waals surface area (Å²) in [6.45, 7) is -0.0256. The van der Waals surface area contributed by atoms with Gasteiger partial charge in [0.25, 0.3) is 5.69 Å². The number of aryl methyl sites for hydroxylation is 1. The molecule has 1 heterocycles. The van der Waals surface area contributed by atoms with Crippen LogP contribution in [0.4, 0.5) is 20.2 Å². The van der Waals surface area contributed by atoms with Crippen LogP contribution < -0.4 is 5.32 Å². The van der Waals surface area contributed by atoms with E-state index >= 15 is 0 Å². The van der Waals surface area contributed by atoms with Gasteiger partial charge in [-0.3, -0.25) is 14.9 Å². The summed E-state index contributed by atoms with van der Waals surface area (Å²) in [5, 5.41) is 14.2. The van der Waals surface area contributed by atoms with Crippen molar-refractivity contribution in [2.75, 3.05) is 5.32 Å². The lowest BCUT2D eigenvalue weighted by Crippen LogP contribution is -2.10. The number of carbonyl (C=O) groups excluding carboxylic acids is 1. The lowest BCUT2D eigenvalue weighted by atomic mass is 10.1. The minimum absolute atomic E-state index is 0.0256. The van der Waals surface area contributed by atoms with Gasteiger partial charge in [0.05, 0.1) is 4.92 Å². The maximum absolute atomic E-state index is 13.2. The van der Waals surface area contributed by atoms with Crippen LogP contribution in [0.5, 0.6) is 0 Å². The van der Waals surface area contributed by atoms with Crippen LogP contribution in [0.1, 0.15) is 21.7 Å². The van der Waals surface area contributed by atoms with Gasteiger partial charge in [0, 0.05) is 43.7 Å². The predicted octanol–water partition coefficient (Wildman–Crippen LogP) is 3.45. The first-order chi connectivity index (χ1) is 12.8. The summed E-state index contributed by atoms with van der Waals surface area (Å²) >= 11 is 0. The van der Waals surface area contributed by atoms with E-state index in [1.165, 1.54) is 22.9 Å². The van der Waals surface area contributed by atoms with E-state index in [1.807, 2.05) is 0 Å². The fourth-order valence-corrected chi connectivity index (χ4v) is 2.60. The van der Waals surface area contributed by atoms with Crippen molar-refractivity contribution >= 4 is 17.2 Å². The van der Waals surface area contributed by atoms with E-state index in [1.54, 1.807) is 13.2 Å². The van der Waals surface area contributed by atoms with Crippen molar-refractivity contribution in [2.24, 2.45) is 7.05 Å². The number of benzene rings is 2. The summed E-state index contributed by atoms with van der Waals surface area (Å²) in [5.74, 6) is -1.78. The molecule has 3 aromatic rings. The lowest BCUT2D eigenvalue weighted by molar-refractivity contribution is -0.384. The summed E-state index contributed by atoms with van der Waals surface area (Å²) in [5.41, 5.74) is 0.196. The summed E-state index contributed by atoms with van der Waals surface area (Å²) in [4.78, 5) is 27.1. The second kappa shape index (κ2) is 7.32. The number of hydrogen-bond donors (Lipinski definition) is 1. The Hall–Kier alpha value is -3.62. The molecule has 0 saturated carbocycles. The Morgan fingerprint density at radius 3 is 2.52 bits per heavy atom. The third-order valence-electron chi connectivity index (χ3n) is 3.89. The van der Waals surface area contributed by atoms with Gasteiger partial charge < -0.3 is 9.88 Å². The number of nitrogens with zero attached hydrogens (tertiary/aromatic N) is 3. The lowest BCUT2D eigenvalue weighted by Gasteiger charge is -2.09. The minimum atomic E-state index is -0.739. The second-order valence-corrected chi connectivity index (χ2v) is 5.81. The summed E-state index contributed by atoms with van der Waals surface area (Å²) in [6.07, 6.45) is 3.05. The van der Waals surface area contributed by atoms with Crippen LogP contribution in [0.25, 0.3) is 0 Å². The van der Waals surface area contributed by atoms with Gasteiger partial charge >= 0.3 is 0 Å². The first kappa shape index (κ1) is 18.2. The van der Waals surface area contributed by atoms with Gasteiger partial charge in [-0.1, -0.05) is 0 Å². The molecule has 3 rings (SSSR count). The maximum atomic E-state index is 13.2. The molecule has 0 radical (unpaired) electrons. The highest BCUT2D eigenvalue weighted by Crippen LogP contribution is 2.27. The molecule has 0 aliphatic heterocycles. The van der Waals surface area contributed by atoms with Crippen molar-refractivity contribution in [1.82, 2.24) is 9.55 Å². The van der Waals surface area contributed by atoms with Crippen molar-refractivity contribution in [3.8, 4) is 0 Å². The highest BCUT2D eigenvalue weighted by atomic mass is 19.1. The highest BCUT2D eigenvalue weighted by molar-refractivity contribution is 6.07. The van der Waals surface area contributed by atoms with Crippen molar-refractivity contribution in [3.63, 3.8) is 0 Å². The summed E-state index contributed by atoms with van der Waals surface area (Å²) in [7, 11) is 1.64. The van der Waals surface area contributed by atoms with E-state index in [0.717, 1.165) is 24.3 Å². The van der Waals surface area contributed by atoms with E-state index in [4.69, 9.17) is 0 Å². The third kappa shape index (κ3) is 3.97. The summed E-state index contributed by atoms with van der Waals surface area (Å²) < 4.78 is 28.0. The molecular formula is C18H14F2N4O3. The average Bonchev–Trinajstić information content (AvgIpc) is 3.04. The number of halogens is 2. The quantitative estimate of drug-likeness (QED) is 0.407. The van der Waals surface area contributed by atoms with Crippen molar-refractivity contribution in [3.05, 3.63) is 87.5 Å². The van der Waals surface area contributed by atoms with E-state index in [2.05, 4.69) is 10.3 Å². The zero-order valence-electron chi connectivity index (χ0n) is 14.1. The smallest absolute Gasteiger partial charge is 0.293 e. The molecule has 0 amide bonds. The number of carbonyl (C=O) groups is 1. The molecule has 0 aliphatic rings. The van der Waals surface area contributed by atoms with Crippen molar-refractivity contribution < 1.29 is 18.5 Å². The fraction of sp³-hybridized carbons (Fsp3) is 0.111. The van der Waals surface area contributed by atoms with Gasteiger partial charge in [-0.2, -0.15) is 0 Å². The zero-order valence-corrected chi connectivity index (χ0v) is 14.1. The molecule has 0 saturated heterocycles. The Labute approximate surface area is 152 Å². The number of anilines is 1. The molecule has 138 valence electrons. The van der Waals surface area contributed by atoms with E-state index < -0.39 is 22.3 Å². The van der Waals surface area contributed by atoms with E-state index in [-0.39, 0.29) is 34.9 Å². The average molecular weight is 372 g/mol. The molecule has 0 fully saturated rings. The van der Waals surface area contributed by atoms with Gasteiger partial charge in [0.15, 0.2) is 5.82 Å². The Morgan fingerprint density at radius 2 is 1.93 bits per heavy atom. The second-order valence-electron chi connectivity index (χ2n) is 5.81. The molecule has 2 aromatic carbocycles. The minimum Gasteiger partial charge on any atom is -0.375 e. The molecule has 0 spiro atoms. The van der Waals surface area contributed by atoms with Crippen molar-refractivity contribution in [2.45, 2.75) is 6.54 Å². The molecule has 0 unspecified atom stereocenters. The summed E-state index contributed by atoms with van der Waals surface area (Å²) in [6, 6.07) is 6.94. The van der Waals surface area contributed by atoms with Gasteiger partial charge in [-0.25, -0.2) is 13.8 Å². The SMILES string of the molecule is Cn1ccnc1C(=O)c1ccc(NCc2cc(F)cc(F)c2)c([N+](=O)[O-])c1. The molecular weight excluding hydrogens is 358 g/mol. The largest absolute Gasteiger partial charge is 0.375 e. The number of nitrogens with one attached hydrogen (secondary N) is 1. The van der Waals surface area contributed by atoms with Gasteiger partial charge in [0.2, 0.25) is 5.78 Å². The van der Waals surface area contributed by atoms with Gasteiger partial charge in [-0.05, 0) is 29.8 Å². The monoisotopic (exact) mass is 372 g/mol. The first-order valence-corrected chi connectivity index (χ1v) is 7.84. The van der Waals surface area contributed by atoms with E-state index in [9.17, 15) is 23.7 Å². The Bertz CT molecular complexity index is 1010. The van der Waals surface area contributed by atoms with Crippen LogP contribution in [-0.4, -0.2) is 20.3 Å². The number of ketones is 1. The zero-order chi connectivity index (χ0) is 19.6. The number of aromatic nitrogens is 2. The van der Waals surface area contributed by atoms with Crippen LogP contribution in [0, 0.1) is 21.7 Å². The number of nitro groups is 1. The third-order valence-corrected chi connectivity index (χ3v) is 3.89. The number of hydrogen-bond acceptors (Lipinski definition) is 5. The van der Waals surface area contributed by atoms with Crippen LogP contribution in [0.2, 0.25) is 0 Å². The molecule has 7 nitrogen and oxygen atoms in total.